The fourth-order valence-corrected chi connectivity index (χ4v) is 4.58. The van der Waals surface area contributed by atoms with Crippen molar-refractivity contribution in [3.63, 3.8) is 0 Å². The van der Waals surface area contributed by atoms with Gasteiger partial charge in [0.2, 0.25) is 10.0 Å². The Morgan fingerprint density at radius 3 is 2.40 bits per heavy atom. The van der Waals surface area contributed by atoms with E-state index in [1.165, 1.54) is 0 Å². The molecule has 0 saturated carbocycles. The van der Waals surface area contributed by atoms with Gasteiger partial charge in [-0.2, -0.15) is 0 Å². The molecule has 20 heavy (non-hydrogen) atoms. The monoisotopic (exact) mass is 361 g/mol. The number of ether oxygens (including phenoxy) is 1. The van der Waals surface area contributed by atoms with Crippen molar-refractivity contribution in [1.82, 2.24) is 4.72 Å². The van der Waals surface area contributed by atoms with Crippen LogP contribution in [0.15, 0.2) is 21.5 Å². The molecular weight excluding hydrogens is 342 g/mol. The average Bonchev–Trinajstić information content (AvgIpc) is 2.33. The summed E-state index contributed by atoms with van der Waals surface area (Å²) in [7, 11) is -3.51. The van der Waals surface area contributed by atoms with E-state index in [0.29, 0.717) is 31.0 Å². The minimum absolute atomic E-state index is 0.353. The number of benzene rings is 1. The van der Waals surface area contributed by atoms with Gasteiger partial charge < -0.3 is 4.74 Å². The highest BCUT2D eigenvalue weighted by atomic mass is 79.9. The minimum atomic E-state index is -3.51. The Labute approximate surface area is 129 Å². The van der Waals surface area contributed by atoms with E-state index < -0.39 is 15.6 Å². The van der Waals surface area contributed by atoms with Crippen LogP contribution in [0, 0.1) is 13.8 Å². The van der Waals surface area contributed by atoms with Crippen molar-refractivity contribution >= 4 is 26.0 Å². The Hall–Kier alpha value is -0.430. The van der Waals surface area contributed by atoms with Gasteiger partial charge in [0.1, 0.15) is 0 Å². The summed E-state index contributed by atoms with van der Waals surface area (Å²) in [5, 5.41) is 0. The predicted molar refractivity (Wildman–Crippen MR) is 82.4 cm³/mol. The average molecular weight is 362 g/mol. The molecule has 2 rings (SSSR count). The Morgan fingerprint density at radius 2 is 1.80 bits per heavy atom. The normalized spacial score (nSPS) is 19.0. The SMILES string of the molecule is Cc1cc(S(=O)(=O)NC2(C)CCOCC2)c(C)cc1Br. The number of sulfonamides is 1. The van der Waals surface area contributed by atoms with Crippen LogP contribution >= 0.6 is 15.9 Å². The summed E-state index contributed by atoms with van der Waals surface area (Å²) in [6, 6.07) is 3.56. The molecule has 0 spiro atoms. The first-order chi connectivity index (χ1) is 9.23. The summed E-state index contributed by atoms with van der Waals surface area (Å²) in [5.74, 6) is 0. The Kier molecular flexibility index (Phi) is 4.59. The van der Waals surface area contributed by atoms with Gasteiger partial charge >= 0.3 is 0 Å². The molecule has 1 aromatic carbocycles. The van der Waals surface area contributed by atoms with Crippen LogP contribution in [0.4, 0.5) is 0 Å². The highest BCUT2D eigenvalue weighted by Gasteiger charge is 2.33. The van der Waals surface area contributed by atoms with Gasteiger partial charge in [0.05, 0.1) is 4.90 Å². The van der Waals surface area contributed by atoms with Crippen LogP contribution in [0.5, 0.6) is 0 Å². The van der Waals surface area contributed by atoms with Crippen molar-refractivity contribution in [2.24, 2.45) is 0 Å². The van der Waals surface area contributed by atoms with Crippen LogP contribution in [-0.4, -0.2) is 27.2 Å². The largest absolute Gasteiger partial charge is 0.381 e. The molecule has 0 bridgehead atoms. The first-order valence-corrected chi connectivity index (χ1v) is 8.90. The van der Waals surface area contributed by atoms with Crippen molar-refractivity contribution in [2.45, 2.75) is 44.0 Å². The lowest BCUT2D eigenvalue weighted by Gasteiger charge is -2.34. The zero-order valence-electron chi connectivity index (χ0n) is 12.0. The van der Waals surface area contributed by atoms with Crippen LogP contribution in [0.2, 0.25) is 0 Å². The van der Waals surface area contributed by atoms with Crippen LogP contribution in [0.1, 0.15) is 30.9 Å². The van der Waals surface area contributed by atoms with E-state index in [0.717, 1.165) is 15.6 Å². The maximum atomic E-state index is 12.6. The van der Waals surface area contributed by atoms with E-state index in [1.807, 2.05) is 26.8 Å². The molecule has 0 unspecified atom stereocenters. The minimum Gasteiger partial charge on any atom is -0.381 e. The molecule has 1 aliphatic heterocycles. The lowest BCUT2D eigenvalue weighted by atomic mass is 9.94. The zero-order valence-corrected chi connectivity index (χ0v) is 14.4. The first kappa shape index (κ1) is 15.9. The molecule has 0 aliphatic carbocycles. The quantitative estimate of drug-likeness (QED) is 0.900. The molecular formula is C14H20BrNO3S. The third-order valence-electron chi connectivity index (χ3n) is 3.72. The molecule has 1 N–H and O–H groups in total. The molecule has 0 radical (unpaired) electrons. The summed E-state index contributed by atoms with van der Waals surface area (Å²) >= 11 is 3.42. The molecule has 6 heteroatoms. The topological polar surface area (TPSA) is 55.4 Å². The maximum absolute atomic E-state index is 12.6. The van der Waals surface area contributed by atoms with E-state index in [-0.39, 0.29) is 0 Å². The van der Waals surface area contributed by atoms with E-state index in [4.69, 9.17) is 4.74 Å². The number of nitrogens with one attached hydrogen (secondary N) is 1. The fraction of sp³-hybridized carbons (Fsp3) is 0.571. The van der Waals surface area contributed by atoms with E-state index >= 15 is 0 Å². The summed E-state index contributed by atoms with van der Waals surface area (Å²) < 4.78 is 34.3. The van der Waals surface area contributed by atoms with Crippen LogP contribution in [0.3, 0.4) is 0 Å². The second-order valence-corrected chi connectivity index (χ2v) is 8.15. The summed E-state index contributed by atoms with van der Waals surface area (Å²) in [6.07, 6.45) is 1.39. The van der Waals surface area contributed by atoms with Crippen LogP contribution in [-0.2, 0) is 14.8 Å². The molecule has 1 aliphatic rings. The first-order valence-electron chi connectivity index (χ1n) is 6.62. The molecule has 112 valence electrons. The van der Waals surface area contributed by atoms with Crippen molar-refractivity contribution in [3.05, 3.63) is 27.7 Å². The molecule has 0 atom stereocenters. The van der Waals surface area contributed by atoms with E-state index in [1.54, 1.807) is 6.07 Å². The third-order valence-corrected chi connectivity index (χ3v) is 6.36. The molecule has 1 heterocycles. The van der Waals surface area contributed by atoms with E-state index in [9.17, 15) is 8.42 Å². The smallest absolute Gasteiger partial charge is 0.241 e. The van der Waals surface area contributed by atoms with Crippen LogP contribution < -0.4 is 4.72 Å². The second kappa shape index (κ2) is 5.75. The Bertz CT molecular complexity index is 607. The maximum Gasteiger partial charge on any atom is 0.241 e. The highest BCUT2D eigenvalue weighted by Crippen LogP contribution is 2.27. The summed E-state index contributed by atoms with van der Waals surface area (Å²) in [5.41, 5.74) is 1.23. The molecule has 1 aromatic rings. The number of hydrogen-bond donors (Lipinski definition) is 1. The van der Waals surface area contributed by atoms with E-state index in [2.05, 4.69) is 20.7 Å². The second-order valence-electron chi connectivity index (χ2n) is 5.65. The van der Waals surface area contributed by atoms with Gasteiger partial charge in [-0.05, 0) is 56.9 Å². The van der Waals surface area contributed by atoms with Gasteiger partial charge in [-0.15, -0.1) is 0 Å². The molecule has 0 amide bonds. The number of rotatable bonds is 3. The zero-order chi connectivity index (χ0) is 15.0. The van der Waals surface area contributed by atoms with Crippen molar-refractivity contribution in [3.8, 4) is 0 Å². The fourth-order valence-electron chi connectivity index (χ4n) is 2.35. The standard InChI is InChI=1S/C14H20BrNO3S/c1-10-9-13(11(2)8-12(10)15)20(17,18)16-14(3)4-6-19-7-5-14/h8-9,16H,4-7H2,1-3H3. The lowest BCUT2D eigenvalue weighted by molar-refractivity contribution is 0.0537. The van der Waals surface area contributed by atoms with Gasteiger partial charge in [0, 0.05) is 23.2 Å². The number of aryl methyl sites for hydroxylation is 2. The predicted octanol–water partition coefficient (Wildman–Crippen LogP) is 2.91. The third kappa shape index (κ3) is 3.42. The summed E-state index contributed by atoms with van der Waals surface area (Å²) in [4.78, 5) is 0.353. The van der Waals surface area contributed by atoms with Crippen molar-refractivity contribution < 1.29 is 13.2 Å². The Morgan fingerprint density at radius 1 is 1.20 bits per heavy atom. The molecule has 4 nitrogen and oxygen atoms in total. The van der Waals surface area contributed by atoms with Gasteiger partial charge in [0.15, 0.2) is 0 Å². The van der Waals surface area contributed by atoms with Crippen LogP contribution in [0.25, 0.3) is 0 Å². The number of halogens is 1. The van der Waals surface area contributed by atoms with Gasteiger partial charge in [-0.3, -0.25) is 0 Å². The molecule has 1 saturated heterocycles. The van der Waals surface area contributed by atoms with Gasteiger partial charge in [0.25, 0.3) is 0 Å². The van der Waals surface area contributed by atoms with Gasteiger partial charge in [-0.1, -0.05) is 15.9 Å². The molecule has 1 fully saturated rings. The van der Waals surface area contributed by atoms with Crippen molar-refractivity contribution in [2.75, 3.05) is 13.2 Å². The lowest BCUT2D eigenvalue weighted by Crippen LogP contribution is -2.49. The Balaban J connectivity index is 2.33. The molecule has 0 aromatic heterocycles. The van der Waals surface area contributed by atoms with Gasteiger partial charge in [-0.25, -0.2) is 13.1 Å². The highest BCUT2D eigenvalue weighted by molar-refractivity contribution is 9.10. The van der Waals surface area contributed by atoms with Crippen molar-refractivity contribution in [1.29, 1.82) is 0 Å². The number of hydrogen-bond acceptors (Lipinski definition) is 3. The summed E-state index contributed by atoms with van der Waals surface area (Å²) in [6.45, 7) is 6.83.